The Morgan fingerprint density at radius 2 is 1.73 bits per heavy atom. The number of amides is 2. The molecule has 6 heteroatoms. The van der Waals surface area contributed by atoms with Crippen LogP contribution in [0, 0.1) is 0 Å². The van der Waals surface area contributed by atoms with E-state index in [0.29, 0.717) is 17.1 Å². The number of anilines is 2. The summed E-state index contributed by atoms with van der Waals surface area (Å²) in [7, 11) is 0. The van der Waals surface area contributed by atoms with Crippen LogP contribution in [-0.2, 0) is 9.59 Å². The van der Waals surface area contributed by atoms with Gasteiger partial charge >= 0.3 is 0 Å². The fourth-order valence-electron chi connectivity index (χ4n) is 1.76. The summed E-state index contributed by atoms with van der Waals surface area (Å²) in [6, 6.07) is 14.2. The van der Waals surface area contributed by atoms with Crippen LogP contribution in [0.5, 0.6) is 5.75 Å². The first-order valence-corrected chi connectivity index (χ1v) is 7.39. The van der Waals surface area contributed by atoms with E-state index in [0.717, 1.165) is 4.47 Å². The van der Waals surface area contributed by atoms with Gasteiger partial charge in [-0.05, 0) is 36.4 Å². The Morgan fingerprint density at radius 3 is 2.41 bits per heavy atom. The van der Waals surface area contributed by atoms with Crippen LogP contribution in [0.1, 0.15) is 6.92 Å². The lowest BCUT2D eigenvalue weighted by molar-refractivity contribution is -0.118. The van der Waals surface area contributed by atoms with Gasteiger partial charge < -0.3 is 15.4 Å². The second-order valence-electron chi connectivity index (χ2n) is 4.52. The van der Waals surface area contributed by atoms with Crippen LogP contribution in [0.25, 0.3) is 0 Å². The molecule has 2 aromatic carbocycles. The third-order valence-electron chi connectivity index (χ3n) is 2.68. The average Bonchev–Trinajstić information content (AvgIpc) is 2.48. The molecule has 22 heavy (non-hydrogen) atoms. The minimum absolute atomic E-state index is 0.146. The number of hydrogen-bond acceptors (Lipinski definition) is 3. The first-order chi connectivity index (χ1) is 10.5. The molecule has 0 aromatic heterocycles. The smallest absolute Gasteiger partial charge is 0.262 e. The van der Waals surface area contributed by atoms with Crippen LogP contribution >= 0.6 is 15.9 Å². The summed E-state index contributed by atoms with van der Waals surface area (Å²) >= 11 is 3.33. The van der Waals surface area contributed by atoms with Crippen LogP contribution in [-0.4, -0.2) is 18.4 Å². The lowest BCUT2D eigenvalue weighted by Gasteiger charge is -2.11. The fraction of sp³-hybridized carbons (Fsp3) is 0.125. The predicted molar refractivity (Wildman–Crippen MR) is 89.0 cm³/mol. The molecule has 2 amide bonds. The minimum Gasteiger partial charge on any atom is -0.482 e. The van der Waals surface area contributed by atoms with Crippen molar-refractivity contribution in [1.82, 2.24) is 0 Å². The molecule has 0 fully saturated rings. The highest BCUT2D eigenvalue weighted by molar-refractivity contribution is 9.10. The molecule has 0 aliphatic rings. The third kappa shape index (κ3) is 4.89. The van der Waals surface area contributed by atoms with Crippen LogP contribution in [0.4, 0.5) is 11.4 Å². The Balaban J connectivity index is 1.93. The molecule has 2 rings (SSSR count). The largest absolute Gasteiger partial charge is 0.482 e. The lowest BCUT2D eigenvalue weighted by atomic mass is 10.3. The second kappa shape index (κ2) is 7.61. The Hall–Kier alpha value is -2.34. The Labute approximate surface area is 136 Å². The number of rotatable bonds is 5. The highest BCUT2D eigenvalue weighted by Gasteiger charge is 2.08. The van der Waals surface area contributed by atoms with Crippen molar-refractivity contribution in [3.63, 3.8) is 0 Å². The number of para-hydroxylation sites is 2. The summed E-state index contributed by atoms with van der Waals surface area (Å²) in [5, 5.41) is 5.38. The molecule has 2 aromatic rings. The molecule has 0 bridgehead atoms. The molecular weight excluding hydrogens is 348 g/mol. The fourth-order valence-corrected chi connectivity index (χ4v) is 2.02. The van der Waals surface area contributed by atoms with Gasteiger partial charge in [0.25, 0.3) is 5.91 Å². The van der Waals surface area contributed by atoms with Gasteiger partial charge in [0.05, 0.1) is 5.69 Å². The molecule has 0 aliphatic heterocycles. The molecule has 5 nitrogen and oxygen atoms in total. The van der Waals surface area contributed by atoms with E-state index in [1.54, 1.807) is 36.4 Å². The van der Waals surface area contributed by atoms with Gasteiger partial charge in [0, 0.05) is 17.1 Å². The standard InChI is InChI=1S/C16H15BrN2O3/c1-11(20)18-14-4-2-3-5-15(14)22-10-16(21)19-13-8-6-12(17)7-9-13/h2-9H,10H2,1H3,(H,18,20)(H,19,21). The average molecular weight is 363 g/mol. The van der Waals surface area contributed by atoms with Crippen LogP contribution < -0.4 is 15.4 Å². The molecule has 0 radical (unpaired) electrons. The Kier molecular flexibility index (Phi) is 5.55. The first kappa shape index (κ1) is 16.0. The number of nitrogens with one attached hydrogen (secondary N) is 2. The third-order valence-corrected chi connectivity index (χ3v) is 3.21. The summed E-state index contributed by atoms with van der Waals surface area (Å²) in [5.74, 6) is -0.0287. The molecule has 0 heterocycles. The summed E-state index contributed by atoms with van der Waals surface area (Å²) in [4.78, 5) is 23.0. The highest BCUT2D eigenvalue weighted by Crippen LogP contribution is 2.23. The molecule has 0 atom stereocenters. The van der Waals surface area contributed by atoms with Gasteiger partial charge in [0.15, 0.2) is 6.61 Å². The van der Waals surface area contributed by atoms with Gasteiger partial charge in [-0.1, -0.05) is 28.1 Å². The van der Waals surface area contributed by atoms with E-state index < -0.39 is 0 Å². The normalized spacial score (nSPS) is 9.91. The van der Waals surface area contributed by atoms with Crippen molar-refractivity contribution >= 4 is 39.1 Å². The van der Waals surface area contributed by atoms with E-state index in [4.69, 9.17) is 4.74 Å². The van der Waals surface area contributed by atoms with Crippen molar-refractivity contribution in [2.75, 3.05) is 17.2 Å². The Bertz CT molecular complexity index is 671. The first-order valence-electron chi connectivity index (χ1n) is 6.59. The number of carbonyl (C=O) groups excluding carboxylic acids is 2. The molecule has 2 N–H and O–H groups in total. The minimum atomic E-state index is -0.278. The summed E-state index contributed by atoms with van der Waals surface area (Å²) in [6.07, 6.45) is 0. The zero-order valence-electron chi connectivity index (χ0n) is 11.9. The topological polar surface area (TPSA) is 67.4 Å². The van der Waals surface area contributed by atoms with Gasteiger partial charge in [-0.15, -0.1) is 0 Å². The van der Waals surface area contributed by atoms with Gasteiger partial charge in [0.2, 0.25) is 5.91 Å². The number of hydrogen-bond donors (Lipinski definition) is 2. The van der Waals surface area contributed by atoms with Gasteiger partial charge in [0.1, 0.15) is 5.75 Å². The van der Waals surface area contributed by atoms with Crippen molar-refractivity contribution in [2.24, 2.45) is 0 Å². The van der Waals surface area contributed by atoms with E-state index in [2.05, 4.69) is 26.6 Å². The molecule has 0 aliphatic carbocycles. The molecule has 0 unspecified atom stereocenters. The number of carbonyl (C=O) groups is 2. The lowest BCUT2D eigenvalue weighted by Crippen LogP contribution is -2.20. The number of halogens is 1. The van der Waals surface area contributed by atoms with Crippen LogP contribution in [0.15, 0.2) is 53.0 Å². The van der Waals surface area contributed by atoms with E-state index in [1.807, 2.05) is 12.1 Å². The molecule has 0 spiro atoms. The van der Waals surface area contributed by atoms with E-state index >= 15 is 0 Å². The van der Waals surface area contributed by atoms with Gasteiger partial charge in [-0.25, -0.2) is 0 Å². The quantitative estimate of drug-likeness (QED) is 0.855. The van der Waals surface area contributed by atoms with Gasteiger partial charge in [-0.3, -0.25) is 9.59 Å². The van der Waals surface area contributed by atoms with Crippen molar-refractivity contribution in [3.05, 3.63) is 53.0 Å². The summed E-state index contributed by atoms with van der Waals surface area (Å²) in [5.41, 5.74) is 1.22. The van der Waals surface area contributed by atoms with E-state index in [-0.39, 0.29) is 18.4 Å². The maximum atomic E-state index is 11.9. The zero-order valence-corrected chi connectivity index (χ0v) is 13.5. The van der Waals surface area contributed by atoms with Crippen molar-refractivity contribution < 1.29 is 14.3 Å². The monoisotopic (exact) mass is 362 g/mol. The highest BCUT2D eigenvalue weighted by atomic mass is 79.9. The van der Waals surface area contributed by atoms with Crippen LogP contribution in [0.2, 0.25) is 0 Å². The summed E-state index contributed by atoms with van der Waals surface area (Å²) in [6.45, 7) is 1.27. The Morgan fingerprint density at radius 1 is 1.05 bits per heavy atom. The van der Waals surface area contributed by atoms with E-state index in [9.17, 15) is 9.59 Å². The molecule has 0 saturated carbocycles. The number of ether oxygens (including phenoxy) is 1. The van der Waals surface area contributed by atoms with Crippen LogP contribution in [0.3, 0.4) is 0 Å². The van der Waals surface area contributed by atoms with Crippen molar-refractivity contribution in [3.8, 4) is 5.75 Å². The van der Waals surface area contributed by atoms with Gasteiger partial charge in [-0.2, -0.15) is 0 Å². The maximum absolute atomic E-state index is 11.9. The molecular formula is C16H15BrN2O3. The van der Waals surface area contributed by atoms with E-state index in [1.165, 1.54) is 6.92 Å². The van der Waals surface area contributed by atoms with Crippen molar-refractivity contribution in [1.29, 1.82) is 0 Å². The summed E-state index contributed by atoms with van der Waals surface area (Å²) < 4.78 is 6.40. The molecule has 114 valence electrons. The second-order valence-corrected chi connectivity index (χ2v) is 5.44. The zero-order chi connectivity index (χ0) is 15.9. The van der Waals surface area contributed by atoms with Crippen molar-refractivity contribution in [2.45, 2.75) is 6.92 Å². The SMILES string of the molecule is CC(=O)Nc1ccccc1OCC(=O)Nc1ccc(Br)cc1. The predicted octanol–water partition coefficient (Wildman–Crippen LogP) is 3.43. The maximum Gasteiger partial charge on any atom is 0.262 e. The number of benzene rings is 2. The molecule has 0 saturated heterocycles.